The molecular weight excluding hydrogens is 731 g/mol. The van der Waals surface area contributed by atoms with Gasteiger partial charge in [-0.15, -0.1) is 0 Å². The molecular formula is C56H33N3O. The van der Waals surface area contributed by atoms with Crippen molar-refractivity contribution < 1.29 is 4.74 Å². The quantitative estimate of drug-likeness (QED) is 0.179. The molecule has 4 heteroatoms. The molecule has 0 N–H and O–H groups in total. The second-order valence-corrected chi connectivity index (χ2v) is 15.9. The van der Waals surface area contributed by atoms with Crippen molar-refractivity contribution in [2.24, 2.45) is 0 Å². The van der Waals surface area contributed by atoms with Gasteiger partial charge in [-0.1, -0.05) is 158 Å². The zero-order valence-electron chi connectivity index (χ0n) is 32.3. The first-order chi connectivity index (χ1) is 29.7. The van der Waals surface area contributed by atoms with Crippen LogP contribution >= 0.6 is 0 Å². The Morgan fingerprint density at radius 1 is 0.350 bits per heavy atom. The molecule has 0 radical (unpaired) electrons. The molecule has 60 heavy (non-hydrogen) atoms. The standard InChI is InChI=1S/C56H33N3O/c1-2-12-37(13-3-1)55-58-50(35-26-24-34(25-27-35)49-31-43-41-18-10-14-36-15-11-19-42(54(36)41)44(43)33-57-49)32-51(59-55)38-28-29-53-48(30-38)56(47-22-8-9-23-52(47)60-53)45-20-6-4-16-39(45)40-17-5-7-21-46(40)56/h1-33H. The number of fused-ring (bicyclic) bond motifs is 12. The van der Waals surface area contributed by atoms with E-state index in [1.54, 1.807) is 0 Å². The Hall–Kier alpha value is -7.95. The Morgan fingerprint density at radius 3 is 1.65 bits per heavy atom. The van der Waals surface area contributed by atoms with Crippen LogP contribution in [0.15, 0.2) is 200 Å². The summed E-state index contributed by atoms with van der Waals surface area (Å²) < 4.78 is 6.74. The van der Waals surface area contributed by atoms with Crippen LogP contribution in [0.5, 0.6) is 11.5 Å². The highest BCUT2D eigenvalue weighted by molar-refractivity contribution is 6.15. The van der Waals surface area contributed by atoms with Crippen molar-refractivity contribution in [1.82, 2.24) is 15.0 Å². The summed E-state index contributed by atoms with van der Waals surface area (Å²) in [7, 11) is 0. The van der Waals surface area contributed by atoms with E-state index in [1.165, 1.54) is 55.3 Å². The Morgan fingerprint density at radius 2 is 0.917 bits per heavy atom. The van der Waals surface area contributed by atoms with Crippen molar-refractivity contribution in [3.8, 4) is 90.0 Å². The summed E-state index contributed by atoms with van der Waals surface area (Å²) in [5.41, 5.74) is 18.3. The Balaban J connectivity index is 0.947. The molecule has 8 aromatic carbocycles. The van der Waals surface area contributed by atoms with Crippen LogP contribution in [-0.2, 0) is 5.41 Å². The predicted octanol–water partition coefficient (Wildman–Crippen LogP) is 13.8. The molecule has 10 aromatic rings. The number of nitrogens with zero attached hydrogens (tertiary/aromatic N) is 3. The van der Waals surface area contributed by atoms with E-state index in [0.29, 0.717) is 5.82 Å². The normalized spacial score (nSPS) is 13.3. The summed E-state index contributed by atoms with van der Waals surface area (Å²) in [6.07, 6.45) is 2.03. The number of benzene rings is 8. The number of para-hydroxylation sites is 1. The van der Waals surface area contributed by atoms with Crippen molar-refractivity contribution in [2.75, 3.05) is 0 Å². The van der Waals surface area contributed by atoms with Crippen LogP contribution in [0.3, 0.4) is 0 Å². The van der Waals surface area contributed by atoms with Gasteiger partial charge in [0.2, 0.25) is 0 Å². The van der Waals surface area contributed by atoms with Crippen molar-refractivity contribution in [3.63, 3.8) is 0 Å². The molecule has 1 aliphatic heterocycles. The van der Waals surface area contributed by atoms with E-state index in [2.05, 4.69) is 176 Å². The monoisotopic (exact) mass is 763 g/mol. The molecule has 0 atom stereocenters. The highest BCUT2D eigenvalue weighted by Gasteiger charge is 2.51. The third-order valence-electron chi connectivity index (χ3n) is 12.8. The van der Waals surface area contributed by atoms with Gasteiger partial charge in [0.1, 0.15) is 11.5 Å². The maximum Gasteiger partial charge on any atom is 0.160 e. The minimum absolute atomic E-state index is 0.567. The molecule has 0 unspecified atom stereocenters. The molecule has 0 fully saturated rings. The lowest BCUT2D eigenvalue weighted by molar-refractivity contribution is 0.436. The van der Waals surface area contributed by atoms with Crippen LogP contribution in [0.1, 0.15) is 22.3 Å². The van der Waals surface area contributed by atoms with Crippen molar-refractivity contribution in [3.05, 3.63) is 223 Å². The molecule has 2 aliphatic carbocycles. The number of pyridine rings is 1. The van der Waals surface area contributed by atoms with Crippen molar-refractivity contribution >= 4 is 10.8 Å². The Labute approximate surface area is 347 Å². The van der Waals surface area contributed by atoms with Gasteiger partial charge in [-0.3, -0.25) is 4.98 Å². The van der Waals surface area contributed by atoms with Crippen molar-refractivity contribution in [1.29, 1.82) is 0 Å². The SMILES string of the molecule is c1ccc(-c2nc(-c3ccc(-c4cc5c(cn4)-c4cccc6cccc-5c46)cc3)cc(-c3ccc4c(c3)C3(c5ccccc5O4)c4ccccc4-c4ccccc43)n2)cc1. The molecule has 13 rings (SSSR count). The lowest BCUT2D eigenvalue weighted by Gasteiger charge is -2.39. The molecule has 278 valence electrons. The van der Waals surface area contributed by atoms with Crippen molar-refractivity contribution in [2.45, 2.75) is 5.41 Å². The molecule has 2 aromatic heterocycles. The summed E-state index contributed by atoms with van der Waals surface area (Å²) in [6.45, 7) is 0. The minimum atomic E-state index is -0.567. The fraction of sp³-hybridized carbons (Fsp3) is 0.0179. The van der Waals surface area contributed by atoms with E-state index in [1.807, 2.05) is 24.4 Å². The lowest BCUT2D eigenvalue weighted by Crippen LogP contribution is -2.32. The topological polar surface area (TPSA) is 47.9 Å². The predicted molar refractivity (Wildman–Crippen MR) is 241 cm³/mol. The van der Waals surface area contributed by atoms with E-state index >= 15 is 0 Å². The fourth-order valence-corrected chi connectivity index (χ4v) is 10.1. The van der Waals surface area contributed by atoms with Gasteiger partial charge in [-0.2, -0.15) is 0 Å². The zero-order chi connectivity index (χ0) is 39.4. The van der Waals surface area contributed by atoms with Crippen LogP contribution in [-0.4, -0.2) is 15.0 Å². The maximum atomic E-state index is 6.74. The number of ether oxygens (including phenoxy) is 1. The number of aromatic nitrogens is 3. The molecule has 3 heterocycles. The van der Waals surface area contributed by atoms with E-state index < -0.39 is 5.41 Å². The van der Waals surface area contributed by atoms with E-state index in [4.69, 9.17) is 19.7 Å². The summed E-state index contributed by atoms with van der Waals surface area (Å²) in [5, 5.41) is 2.57. The third kappa shape index (κ3) is 4.64. The summed E-state index contributed by atoms with van der Waals surface area (Å²) in [4.78, 5) is 15.4. The maximum absolute atomic E-state index is 6.74. The largest absolute Gasteiger partial charge is 0.457 e. The molecule has 4 nitrogen and oxygen atoms in total. The molecule has 3 aliphatic rings. The molecule has 0 saturated heterocycles. The van der Waals surface area contributed by atoms with Gasteiger partial charge in [0.25, 0.3) is 0 Å². The van der Waals surface area contributed by atoms with Crippen LogP contribution in [0.25, 0.3) is 89.3 Å². The first-order valence-electron chi connectivity index (χ1n) is 20.4. The van der Waals surface area contributed by atoms with Crippen LogP contribution in [0.4, 0.5) is 0 Å². The molecule has 0 amide bonds. The highest BCUT2D eigenvalue weighted by Crippen LogP contribution is 2.62. The smallest absolute Gasteiger partial charge is 0.160 e. The van der Waals surface area contributed by atoms with Gasteiger partial charge in [-0.05, 0) is 86.1 Å². The minimum Gasteiger partial charge on any atom is -0.457 e. The average Bonchev–Trinajstić information content (AvgIpc) is 3.80. The van der Waals surface area contributed by atoms with Crippen LogP contribution in [0.2, 0.25) is 0 Å². The van der Waals surface area contributed by atoms with E-state index in [9.17, 15) is 0 Å². The first kappa shape index (κ1) is 33.1. The second-order valence-electron chi connectivity index (χ2n) is 15.9. The summed E-state index contributed by atoms with van der Waals surface area (Å²) in [5.74, 6) is 2.39. The van der Waals surface area contributed by atoms with E-state index in [-0.39, 0.29) is 0 Å². The zero-order valence-corrected chi connectivity index (χ0v) is 32.3. The van der Waals surface area contributed by atoms with Crippen LogP contribution in [0, 0.1) is 0 Å². The van der Waals surface area contributed by atoms with Gasteiger partial charge < -0.3 is 4.74 Å². The number of hydrogen-bond acceptors (Lipinski definition) is 4. The highest BCUT2D eigenvalue weighted by atomic mass is 16.5. The van der Waals surface area contributed by atoms with Gasteiger partial charge in [0.15, 0.2) is 5.82 Å². The second kappa shape index (κ2) is 12.5. The Bertz CT molecular complexity index is 3360. The summed E-state index contributed by atoms with van der Waals surface area (Å²) in [6, 6.07) is 69.0. The fourth-order valence-electron chi connectivity index (χ4n) is 10.1. The van der Waals surface area contributed by atoms with Gasteiger partial charge >= 0.3 is 0 Å². The average molecular weight is 764 g/mol. The lowest BCUT2D eigenvalue weighted by atomic mass is 9.66. The Kier molecular flexibility index (Phi) is 6.90. The number of rotatable bonds is 4. The van der Waals surface area contributed by atoms with Gasteiger partial charge in [0, 0.05) is 45.1 Å². The molecule has 0 bridgehead atoms. The number of hydrogen-bond donors (Lipinski definition) is 0. The van der Waals surface area contributed by atoms with Gasteiger partial charge in [-0.25, -0.2) is 9.97 Å². The van der Waals surface area contributed by atoms with E-state index in [0.717, 1.165) is 62.0 Å². The first-order valence-corrected chi connectivity index (χ1v) is 20.4. The molecule has 1 spiro atoms. The van der Waals surface area contributed by atoms with Crippen LogP contribution < -0.4 is 4.74 Å². The summed E-state index contributed by atoms with van der Waals surface area (Å²) >= 11 is 0. The third-order valence-corrected chi connectivity index (χ3v) is 12.8. The van der Waals surface area contributed by atoms with Gasteiger partial charge in [0.05, 0.1) is 22.5 Å². The molecule has 0 saturated carbocycles.